The molecule has 0 spiro atoms. The number of hydroxylamine groups is 2. The first-order valence-electron chi connectivity index (χ1n) is 4.24. The topological polar surface area (TPSA) is 70.0 Å². The van der Waals surface area contributed by atoms with Gasteiger partial charge in [0, 0.05) is 7.05 Å². The Morgan fingerprint density at radius 1 is 1.64 bits per heavy atom. The van der Waals surface area contributed by atoms with Crippen molar-refractivity contribution >= 4 is 5.91 Å². The van der Waals surface area contributed by atoms with Gasteiger partial charge in [0.2, 0.25) is 5.91 Å². The lowest BCUT2D eigenvalue weighted by Gasteiger charge is -2.21. The van der Waals surface area contributed by atoms with Gasteiger partial charge in [-0.3, -0.25) is 9.63 Å². The molecule has 0 saturated carbocycles. The van der Waals surface area contributed by atoms with Gasteiger partial charge in [-0.15, -0.1) is 0 Å². The lowest BCUT2D eigenvalue weighted by molar-refractivity contribution is -0.171. The normalized spacial score (nSPS) is 15.5. The average Bonchev–Trinajstić information content (AvgIpc) is 2.12. The number of aliphatic hydroxyl groups excluding tert-OH is 1. The Labute approximate surface area is 83.5 Å². The van der Waals surface area contributed by atoms with Crippen molar-refractivity contribution in [2.24, 2.45) is 0 Å². The standard InChI is InChI=1S/C9H17NO4/c1-9(13,5-4-6-11)7-8(12)10(2)14-3/h4-5,11,13H,6-7H2,1-3H3/b5-4+. The van der Waals surface area contributed by atoms with E-state index in [1.54, 1.807) is 0 Å². The van der Waals surface area contributed by atoms with Gasteiger partial charge in [-0.25, -0.2) is 5.06 Å². The van der Waals surface area contributed by atoms with Crippen LogP contribution in [-0.4, -0.2) is 47.5 Å². The van der Waals surface area contributed by atoms with Crippen LogP contribution in [0.2, 0.25) is 0 Å². The molecule has 0 fully saturated rings. The maximum Gasteiger partial charge on any atom is 0.249 e. The Hall–Kier alpha value is -0.910. The molecule has 2 N–H and O–H groups in total. The molecule has 5 nitrogen and oxygen atoms in total. The van der Waals surface area contributed by atoms with Crippen LogP contribution in [0.4, 0.5) is 0 Å². The van der Waals surface area contributed by atoms with Crippen molar-refractivity contribution in [2.75, 3.05) is 20.8 Å². The number of carbonyl (C=O) groups is 1. The van der Waals surface area contributed by atoms with Gasteiger partial charge >= 0.3 is 0 Å². The molecular formula is C9H17NO4. The molecule has 82 valence electrons. The number of aliphatic hydroxyl groups is 2. The molecule has 0 aliphatic carbocycles. The first-order chi connectivity index (χ1) is 6.43. The van der Waals surface area contributed by atoms with E-state index in [9.17, 15) is 9.90 Å². The van der Waals surface area contributed by atoms with Crippen LogP contribution in [0.5, 0.6) is 0 Å². The molecule has 0 aliphatic rings. The lowest BCUT2D eigenvalue weighted by atomic mass is 10.0. The van der Waals surface area contributed by atoms with Gasteiger partial charge in [-0.1, -0.05) is 12.2 Å². The second-order valence-electron chi connectivity index (χ2n) is 3.19. The summed E-state index contributed by atoms with van der Waals surface area (Å²) >= 11 is 0. The molecule has 1 amide bonds. The summed E-state index contributed by atoms with van der Waals surface area (Å²) in [4.78, 5) is 16.0. The van der Waals surface area contributed by atoms with Crippen LogP contribution in [-0.2, 0) is 9.63 Å². The van der Waals surface area contributed by atoms with E-state index in [2.05, 4.69) is 4.84 Å². The highest BCUT2D eigenvalue weighted by molar-refractivity contribution is 5.76. The lowest BCUT2D eigenvalue weighted by Crippen LogP contribution is -2.34. The van der Waals surface area contributed by atoms with E-state index in [0.717, 1.165) is 5.06 Å². The largest absolute Gasteiger partial charge is 0.392 e. The average molecular weight is 203 g/mol. The minimum atomic E-state index is -1.26. The van der Waals surface area contributed by atoms with Crippen molar-refractivity contribution in [3.8, 4) is 0 Å². The minimum Gasteiger partial charge on any atom is -0.392 e. The van der Waals surface area contributed by atoms with Gasteiger partial charge in [0.25, 0.3) is 0 Å². The van der Waals surface area contributed by atoms with Crippen molar-refractivity contribution in [2.45, 2.75) is 18.9 Å². The number of hydrogen-bond donors (Lipinski definition) is 2. The smallest absolute Gasteiger partial charge is 0.249 e. The third kappa shape index (κ3) is 4.96. The van der Waals surface area contributed by atoms with Crippen LogP contribution in [0.1, 0.15) is 13.3 Å². The molecule has 0 aliphatic heterocycles. The molecule has 0 bridgehead atoms. The molecule has 0 aromatic carbocycles. The molecule has 0 aromatic heterocycles. The highest BCUT2D eigenvalue weighted by atomic mass is 16.7. The van der Waals surface area contributed by atoms with Crippen molar-refractivity contribution in [3.05, 3.63) is 12.2 Å². The summed E-state index contributed by atoms with van der Waals surface area (Å²) in [5, 5.41) is 19.2. The molecule has 5 heteroatoms. The van der Waals surface area contributed by atoms with Crippen molar-refractivity contribution in [3.63, 3.8) is 0 Å². The van der Waals surface area contributed by atoms with Crippen molar-refractivity contribution < 1.29 is 19.8 Å². The maximum atomic E-state index is 11.3. The Morgan fingerprint density at radius 3 is 2.64 bits per heavy atom. The molecule has 14 heavy (non-hydrogen) atoms. The highest BCUT2D eigenvalue weighted by Gasteiger charge is 2.23. The quantitative estimate of drug-likeness (QED) is 0.475. The van der Waals surface area contributed by atoms with Crippen molar-refractivity contribution in [1.82, 2.24) is 5.06 Å². The van der Waals surface area contributed by atoms with E-state index in [1.165, 1.54) is 33.2 Å². The molecule has 1 unspecified atom stereocenters. The molecule has 1 atom stereocenters. The summed E-state index contributed by atoms with van der Waals surface area (Å²) in [6.45, 7) is 1.32. The fourth-order valence-corrected chi connectivity index (χ4v) is 0.885. The maximum absolute atomic E-state index is 11.3. The van der Waals surface area contributed by atoms with Crippen LogP contribution < -0.4 is 0 Å². The predicted molar refractivity (Wildman–Crippen MR) is 51.2 cm³/mol. The van der Waals surface area contributed by atoms with Gasteiger partial charge in [0.15, 0.2) is 0 Å². The van der Waals surface area contributed by atoms with Gasteiger partial charge in [-0.2, -0.15) is 0 Å². The number of carbonyl (C=O) groups excluding carboxylic acids is 1. The van der Waals surface area contributed by atoms with E-state index >= 15 is 0 Å². The highest BCUT2D eigenvalue weighted by Crippen LogP contribution is 2.12. The summed E-state index contributed by atoms with van der Waals surface area (Å²) in [6, 6.07) is 0. The fourth-order valence-electron chi connectivity index (χ4n) is 0.885. The second-order valence-corrected chi connectivity index (χ2v) is 3.19. The van der Waals surface area contributed by atoms with Gasteiger partial charge in [0.1, 0.15) is 0 Å². The van der Waals surface area contributed by atoms with E-state index < -0.39 is 5.60 Å². The second kappa shape index (κ2) is 5.74. The number of rotatable bonds is 5. The zero-order valence-electron chi connectivity index (χ0n) is 8.73. The van der Waals surface area contributed by atoms with Crippen LogP contribution >= 0.6 is 0 Å². The predicted octanol–water partition coefficient (Wildman–Crippen LogP) is -0.304. The molecule has 0 radical (unpaired) electrons. The summed E-state index contributed by atoms with van der Waals surface area (Å²) in [7, 11) is 2.84. The number of hydrogen-bond acceptors (Lipinski definition) is 4. The van der Waals surface area contributed by atoms with Crippen molar-refractivity contribution in [1.29, 1.82) is 0 Å². The third-order valence-electron chi connectivity index (χ3n) is 1.72. The van der Waals surface area contributed by atoms with E-state index in [1.807, 2.05) is 0 Å². The zero-order valence-corrected chi connectivity index (χ0v) is 8.73. The molecule has 0 heterocycles. The van der Waals surface area contributed by atoms with Gasteiger partial charge in [-0.05, 0) is 6.92 Å². The Kier molecular flexibility index (Phi) is 5.37. The van der Waals surface area contributed by atoms with E-state index in [0.29, 0.717) is 0 Å². The molecule has 0 rings (SSSR count). The van der Waals surface area contributed by atoms with Crippen LogP contribution in [0, 0.1) is 0 Å². The Balaban J connectivity index is 4.21. The number of amides is 1. The van der Waals surface area contributed by atoms with Crippen LogP contribution in [0.3, 0.4) is 0 Å². The van der Waals surface area contributed by atoms with Gasteiger partial charge < -0.3 is 10.2 Å². The molecule has 0 saturated heterocycles. The zero-order chi connectivity index (χ0) is 11.2. The van der Waals surface area contributed by atoms with E-state index in [-0.39, 0.29) is 18.9 Å². The minimum absolute atomic E-state index is 0.0894. The SMILES string of the molecule is CON(C)C(=O)CC(C)(O)/C=C/CO. The molecule has 0 aromatic rings. The van der Waals surface area contributed by atoms with Crippen LogP contribution in [0.25, 0.3) is 0 Å². The van der Waals surface area contributed by atoms with Gasteiger partial charge in [0.05, 0.1) is 25.7 Å². The fraction of sp³-hybridized carbons (Fsp3) is 0.667. The first-order valence-corrected chi connectivity index (χ1v) is 4.24. The summed E-state index contributed by atoms with van der Waals surface area (Å²) in [5.74, 6) is -0.333. The molecular weight excluding hydrogens is 186 g/mol. The Bertz CT molecular complexity index is 213. The first kappa shape index (κ1) is 13.1. The van der Waals surface area contributed by atoms with E-state index in [4.69, 9.17) is 5.11 Å². The Morgan fingerprint density at radius 2 is 2.21 bits per heavy atom. The summed E-state index contributed by atoms with van der Waals surface area (Å²) in [6.07, 6.45) is 2.68. The number of nitrogens with zero attached hydrogens (tertiary/aromatic N) is 1. The summed E-state index contributed by atoms with van der Waals surface area (Å²) in [5.41, 5.74) is -1.26. The van der Waals surface area contributed by atoms with Crippen LogP contribution in [0.15, 0.2) is 12.2 Å². The monoisotopic (exact) mass is 203 g/mol. The third-order valence-corrected chi connectivity index (χ3v) is 1.72. The summed E-state index contributed by atoms with van der Waals surface area (Å²) < 4.78 is 0.